The molecule has 15 nitrogen and oxygen atoms in total. The third kappa shape index (κ3) is 13.5. The number of phenols is 2. The number of carbonyl (C=O) groups excluding carboxylic acids is 2. The Labute approximate surface area is 348 Å². The summed E-state index contributed by atoms with van der Waals surface area (Å²) in [6.07, 6.45) is 0.205. The van der Waals surface area contributed by atoms with Crippen molar-refractivity contribution in [1.82, 2.24) is 0 Å². The molecule has 3 aliphatic heterocycles. The molecule has 0 radical (unpaired) electrons. The van der Waals surface area contributed by atoms with Crippen molar-refractivity contribution < 1.29 is 71.9 Å². The van der Waals surface area contributed by atoms with Crippen LogP contribution in [0, 0.1) is 35.5 Å². The summed E-state index contributed by atoms with van der Waals surface area (Å²) >= 11 is 0. The number of hydrogen-bond donors (Lipinski definition) is 2. The summed E-state index contributed by atoms with van der Waals surface area (Å²) in [4.78, 5) is 22.2. The van der Waals surface area contributed by atoms with Gasteiger partial charge in [-0.05, 0) is 54.9 Å². The molecule has 2 aromatic rings. The van der Waals surface area contributed by atoms with Crippen LogP contribution in [0.4, 0.5) is 0 Å². The first-order valence-corrected chi connectivity index (χ1v) is 20.8. The second kappa shape index (κ2) is 22.5. The van der Waals surface area contributed by atoms with Gasteiger partial charge in [0.1, 0.15) is 13.2 Å². The van der Waals surface area contributed by atoms with E-state index >= 15 is 0 Å². The molecule has 1 unspecified atom stereocenters. The zero-order valence-electron chi connectivity index (χ0n) is 36.3. The normalized spacial score (nSPS) is 29.8. The first-order chi connectivity index (χ1) is 28.0. The molecule has 0 bridgehead atoms. The molecule has 0 spiro atoms. The Hall–Kier alpha value is -4.02. The van der Waals surface area contributed by atoms with Crippen molar-refractivity contribution in [1.29, 1.82) is 0 Å². The Kier molecular flexibility index (Phi) is 18.2. The Morgan fingerprint density at radius 2 is 1.15 bits per heavy atom. The molecule has 0 saturated carbocycles. The maximum Gasteiger partial charge on any atom is 0.369 e. The van der Waals surface area contributed by atoms with Crippen LogP contribution in [-0.2, 0) is 42.7 Å². The number of para-hydroxylation sites is 2. The summed E-state index contributed by atoms with van der Waals surface area (Å²) in [5, 5.41) is 19.2. The predicted molar refractivity (Wildman–Crippen MR) is 215 cm³/mol. The summed E-state index contributed by atoms with van der Waals surface area (Å²) in [6, 6.07) is 10.1. The van der Waals surface area contributed by atoms with Gasteiger partial charge in [-0.3, -0.25) is 9.59 Å². The lowest BCUT2D eigenvalue weighted by molar-refractivity contribution is -0.266. The molecular formula is C44H66O15. The van der Waals surface area contributed by atoms with Gasteiger partial charge in [0, 0.05) is 45.4 Å². The van der Waals surface area contributed by atoms with Crippen LogP contribution in [0.3, 0.4) is 0 Å². The molecule has 3 heterocycles. The van der Waals surface area contributed by atoms with Gasteiger partial charge in [0.25, 0.3) is 0 Å². The Morgan fingerprint density at radius 1 is 0.661 bits per heavy atom. The fraction of sp³-hybridized carbons (Fsp3) is 0.682. The fourth-order valence-corrected chi connectivity index (χ4v) is 7.16. The molecule has 11 atom stereocenters. The van der Waals surface area contributed by atoms with Crippen LogP contribution in [0.25, 0.3) is 0 Å². The largest absolute Gasteiger partial charge is 0.504 e. The molecule has 0 amide bonds. The van der Waals surface area contributed by atoms with Gasteiger partial charge in [0.15, 0.2) is 35.6 Å². The fourth-order valence-electron chi connectivity index (χ4n) is 7.16. The molecule has 3 aliphatic rings. The minimum absolute atomic E-state index is 0.171. The van der Waals surface area contributed by atoms with Gasteiger partial charge in [-0.25, -0.2) is 0 Å². The zero-order chi connectivity index (χ0) is 43.3. The van der Waals surface area contributed by atoms with Crippen LogP contribution in [0.5, 0.6) is 34.5 Å². The highest BCUT2D eigenvalue weighted by Crippen LogP contribution is 2.46. The minimum Gasteiger partial charge on any atom is -0.504 e. The number of hydrogen-bond acceptors (Lipinski definition) is 15. The third-order valence-electron chi connectivity index (χ3n) is 11.4. The first-order valence-electron chi connectivity index (χ1n) is 20.8. The lowest BCUT2D eigenvalue weighted by Crippen LogP contribution is -2.47. The van der Waals surface area contributed by atoms with Gasteiger partial charge in [-0.2, -0.15) is 0 Å². The molecule has 2 N–H and O–H groups in total. The monoisotopic (exact) mass is 834 g/mol. The van der Waals surface area contributed by atoms with Crippen LogP contribution < -0.4 is 18.9 Å². The molecule has 5 rings (SSSR count). The van der Waals surface area contributed by atoms with E-state index in [1.807, 2.05) is 25.1 Å². The van der Waals surface area contributed by atoms with Crippen LogP contribution in [0.2, 0.25) is 0 Å². The van der Waals surface area contributed by atoms with Crippen molar-refractivity contribution in [3.05, 3.63) is 36.4 Å². The average molecular weight is 835 g/mol. The Balaban J connectivity index is 0.000000265. The van der Waals surface area contributed by atoms with Crippen molar-refractivity contribution in [2.75, 3.05) is 46.2 Å². The van der Waals surface area contributed by atoms with Crippen molar-refractivity contribution in [3.8, 4) is 34.5 Å². The van der Waals surface area contributed by atoms with Crippen LogP contribution in [0.15, 0.2) is 36.4 Å². The predicted octanol–water partition coefficient (Wildman–Crippen LogP) is 7.23. The Bertz CT molecular complexity index is 1620. The van der Waals surface area contributed by atoms with Gasteiger partial charge >= 0.3 is 17.9 Å². The number of aromatic hydroxyl groups is 2. The number of ether oxygens (including phenoxy) is 11. The topological polar surface area (TPSA) is 176 Å². The molecule has 15 heteroatoms. The highest BCUT2D eigenvalue weighted by molar-refractivity contribution is 5.66. The number of rotatable bonds is 18. The quantitative estimate of drug-likeness (QED) is 0.0873. The van der Waals surface area contributed by atoms with E-state index in [2.05, 4.69) is 41.5 Å². The molecule has 2 fully saturated rings. The summed E-state index contributed by atoms with van der Waals surface area (Å²) in [7, 11) is 0. The highest BCUT2D eigenvalue weighted by Gasteiger charge is 2.42. The molecule has 0 aliphatic carbocycles. The van der Waals surface area contributed by atoms with Gasteiger partial charge in [0.2, 0.25) is 11.5 Å². The number of fused-ring (bicyclic) bond motifs is 1. The lowest BCUT2D eigenvalue weighted by atomic mass is 9.79. The standard InChI is InChI=1S/C24H36O8.C20H30O7/c1-7-29-24(6)31-20-11-8-10-19(22(20)32-24)26-12-9-13-27-23-17(4)15(2)16(3)21(30-23)14-28-18(5)25;1-12-13(2)18(11-26-15(4)21)27-20(14(12)3)25-10-6-9-24-17-8-5-7-16(22)19(17)23/h8,10-11,15-17,21,23H,7,9,12-14H2,1-6H3;5,7-8,12-14,18,20,22-23H,6,9-11H2,1-4H3/t15-,16-,17+,21+,23+,24?;12-,13-,14+,18+,20+/m00/s1. The molecule has 0 aromatic heterocycles. The minimum atomic E-state index is -1.13. The maximum absolute atomic E-state index is 11.2. The molecule has 332 valence electrons. The lowest BCUT2D eigenvalue weighted by Gasteiger charge is -2.43. The molecule has 2 saturated heterocycles. The van der Waals surface area contributed by atoms with Crippen molar-refractivity contribution >= 4 is 11.9 Å². The summed E-state index contributed by atoms with van der Waals surface area (Å²) < 4.78 is 62.9. The number of carbonyl (C=O) groups is 2. The maximum atomic E-state index is 11.2. The van der Waals surface area contributed by atoms with Gasteiger partial charge in [-0.15, -0.1) is 0 Å². The Morgan fingerprint density at radius 3 is 1.66 bits per heavy atom. The van der Waals surface area contributed by atoms with E-state index in [-0.39, 0.29) is 90.9 Å². The second-order valence-corrected chi connectivity index (χ2v) is 15.7. The molecule has 59 heavy (non-hydrogen) atoms. The van der Waals surface area contributed by atoms with Crippen molar-refractivity contribution in [2.24, 2.45) is 35.5 Å². The highest BCUT2D eigenvalue weighted by atomic mass is 16.9. The van der Waals surface area contributed by atoms with Crippen molar-refractivity contribution in [3.63, 3.8) is 0 Å². The number of esters is 2. The van der Waals surface area contributed by atoms with Gasteiger partial charge in [0.05, 0.1) is 45.2 Å². The summed E-state index contributed by atoms with van der Waals surface area (Å²) in [5.41, 5.74) is 0. The average Bonchev–Trinajstić information content (AvgIpc) is 3.54. The van der Waals surface area contributed by atoms with Crippen LogP contribution in [0.1, 0.15) is 82.1 Å². The second-order valence-electron chi connectivity index (χ2n) is 15.7. The van der Waals surface area contributed by atoms with E-state index < -0.39 is 5.97 Å². The van der Waals surface area contributed by atoms with Crippen LogP contribution in [-0.4, -0.2) is 99.2 Å². The zero-order valence-corrected chi connectivity index (χ0v) is 36.3. The van der Waals surface area contributed by atoms with Crippen LogP contribution >= 0.6 is 0 Å². The smallest absolute Gasteiger partial charge is 0.369 e. The summed E-state index contributed by atoms with van der Waals surface area (Å²) in [6.45, 7) is 21.8. The third-order valence-corrected chi connectivity index (χ3v) is 11.4. The first kappa shape index (κ1) is 47.7. The van der Waals surface area contributed by atoms with E-state index in [1.54, 1.807) is 19.1 Å². The van der Waals surface area contributed by atoms with E-state index in [9.17, 15) is 19.8 Å². The van der Waals surface area contributed by atoms with Crippen molar-refractivity contribution in [2.45, 2.75) is 113 Å². The SMILES string of the molecule is CC(=O)OC[C@H]1O[C@@H](OCCCOc2cccc(O)c2O)[C@H](C)[C@@H](C)[C@@H]1C.CCOC1(C)Oc2cccc(OCCCO[C@@H]3O[C@H](COC(C)=O)[C@@H](C)[C@H](C)[C@H]3C)c2O1. The molecular weight excluding hydrogens is 768 g/mol. The van der Waals surface area contributed by atoms with Gasteiger partial charge < -0.3 is 62.3 Å². The van der Waals surface area contributed by atoms with E-state index in [4.69, 9.17) is 52.1 Å². The van der Waals surface area contributed by atoms with Gasteiger partial charge in [-0.1, -0.05) is 53.7 Å². The summed E-state index contributed by atoms with van der Waals surface area (Å²) in [5.74, 6) is 1.49. The molecule has 2 aromatic carbocycles. The van der Waals surface area contributed by atoms with E-state index in [0.717, 1.165) is 0 Å². The van der Waals surface area contributed by atoms with E-state index in [1.165, 1.54) is 19.9 Å². The number of phenolic OH excluding ortho intramolecular Hbond substituents is 2. The van der Waals surface area contributed by atoms with E-state index in [0.29, 0.717) is 75.0 Å². The number of benzene rings is 2.